The third kappa shape index (κ3) is 19.1. The molecule has 0 aliphatic heterocycles. The van der Waals surface area contributed by atoms with Crippen LogP contribution in [0.5, 0.6) is 0 Å². The average molecular weight is 249 g/mol. The van der Waals surface area contributed by atoms with E-state index in [0.717, 1.165) is 0 Å². The standard InChI is InChI=1S/C3H3O.Ag.Al.Ni/c1-2-3-4;;;/h2H,1H2;;;. The third-order valence-electron chi connectivity index (χ3n) is 0.201. The van der Waals surface area contributed by atoms with Gasteiger partial charge in [-0.15, -0.1) is 0 Å². The molecule has 0 aliphatic carbocycles. The number of allylic oxidation sites excluding steroid dienone is 1. The average Bonchev–Trinajstić information content (AvgIpc) is 1.38. The van der Waals surface area contributed by atoms with Crippen LogP contribution in [0.25, 0.3) is 0 Å². The van der Waals surface area contributed by atoms with Crippen LogP contribution in [0.15, 0.2) is 12.7 Å². The number of carbonyl (C=O) groups is 1. The molecule has 45 valence electrons. The van der Waals surface area contributed by atoms with Crippen molar-refractivity contribution in [3.05, 3.63) is 12.7 Å². The first-order valence-corrected chi connectivity index (χ1v) is 1.77. The molecule has 0 aromatic carbocycles. The van der Waals surface area contributed by atoms with Crippen molar-refractivity contribution in [1.29, 1.82) is 0 Å². The monoisotopic (exact) mass is 247 g/mol. The SMILES string of the molecule is C=C[C](=O)[Al].[Ag].[Ni]. The molecular formula is C3H3AgAlNiO. The maximum atomic E-state index is 9.66. The summed E-state index contributed by atoms with van der Waals surface area (Å²) in [6, 6.07) is 0. The summed E-state index contributed by atoms with van der Waals surface area (Å²) < 4.78 is -0.0648. The van der Waals surface area contributed by atoms with Crippen LogP contribution in [0.4, 0.5) is 0 Å². The molecule has 0 aromatic heterocycles. The van der Waals surface area contributed by atoms with Crippen LogP contribution in [0.3, 0.4) is 0 Å². The van der Waals surface area contributed by atoms with Gasteiger partial charge in [0.1, 0.15) is 0 Å². The molecule has 0 amide bonds. The van der Waals surface area contributed by atoms with Gasteiger partial charge in [-0.05, 0) is 6.08 Å². The molecule has 4 heteroatoms. The second kappa shape index (κ2) is 10.2. The van der Waals surface area contributed by atoms with Gasteiger partial charge in [0, 0.05) is 43.5 Å². The third-order valence-corrected chi connectivity index (χ3v) is 0.437. The quantitative estimate of drug-likeness (QED) is 0.466. The van der Waals surface area contributed by atoms with Crippen LogP contribution >= 0.6 is 0 Å². The van der Waals surface area contributed by atoms with Crippen LogP contribution in [0.1, 0.15) is 0 Å². The van der Waals surface area contributed by atoms with Gasteiger partial charge in [-0.1, -0.05) is 6.58 Å². The van der Waals surface area contributed by atoms with Gasteiger partial charge >= 0.3 is 0 Å². The van der Waals surface area contributed by atoms with Crippen molar-refractivity contribution in [2.24, 2.45) is 0 Å². The molecule has 1 nitrogen and oxygen atoms in total. The van der Waals surface area contributed by atoms with Crippen molar-refractivity contribution in [1.82, 2.24) is 0 Å². The molecule has 3 radical (unpaired) electrons. The number of hydrogen-bond donors (Lipinski definition) is 0. The van der Waals surface area contributed by atoms with E-state index in [1.165, 1.54) is 6.08 Å². The molecule has 0 fully saturated rings. The van der Waals surface area contributed by atoms with Crippen LogP contribution < -0.4 is 0 Å². The molecule has 0 atom stereocenters. The fraction of sp³-hybridized carbons (Fsp3) is 0. The molecule has 0 aliphatic rings. The largest absolute Gasteiger partial charge is 0.319 e. The summed E-state index contributed by atoms with van der Waals surface area (Å²) in [5, 5.41) is 0. The Bertz CT molecular complexity index is 66.0. The van der Waals surface area contributed by atoms with Gasteiger partial charge < -0.3 is 4.79 Å². The van der Waals surface area contributed by atoms with E-state index in [2.05, 4.69) is 6.58 Å². The Hall–Kier alpha value is 1.18. The zero-order valence-corrected chi connectivity index (χ0v) is 7.01. The van der Waals surface area contributed by atoms with Gasteiger partial charge in [0.25, 0.3) is 0 Å². The molecule has 0 rings (SSSR count). The number of rotatable bonds is 1. The minimum absolute atomic E-state index is 0. The van der Waals surface area contributed by atoms with E-state index in [9.17, 15) is 4.79 Å². The van der Waals surface area contributed by atoms with Crippen molar-refractivity contribution < 1.29 is 43.7 Å². The molecule has 0 unspecified atom stereocenters. The van der Waals surface area contributed by atoms with Crippen LogP contribution in [0.2, 0.25) is 0 Å². The van der Waals surface area contributed by atoms with Crippen molar-refractivity contribution >= 4 is 20.9 Å². The first-order valence-electron chi connectivity index (χ1n) is 1.19. The van der Waals surface area contributed by atoms with Crippen molar-refractivity contribution in [2.75, 3.05) is 0 Å². The molecular weight excluding hydrogens is 246 g/mol. The maximum Gasteiger partial charge on any atom is 0.249 e. The Balaban J connectivity index is -0.0000000800. The van der Waals surface area contributed by atoms with E-state index >= 15 is 0 Å². The first-order chi connectivity index (χ1) is 2.27. The fourth-order valence-electron chi connectivity index (χ4n) is 0. The molecule has 0 spiro atoms. The number of hydrogen-bond acceptors (Lipinski definition) is 1. The molecule has 0 saturated heterocycles. The zero-order chi connectivity index (χ0) is 4.28. The van der Waals surface area contributed by atoms with E-state index in [-0.39, 0.29) is 43.5 Å². The van der Waals surface area contributed by atoms with Gasteiger partial charge in [0.2, 0.25) is 16.3 Å². The summed E-state index contributed by atoms with van der Waals surface area (Å²) in [7, 11) is 0. The summed E-state index contributed by atoms with van der Waals surface area (Å²) in [5.74, 6) is 0. The topological polar surface area (TPSA) is 17.1 Å². The fourth-order valence-corrected chi connectivity index (χ4v) is 0. The van der Waals surface area contributed by atoms with Gasteiger partial charge in [-0.25, -0.2) is 0 Å². The molecule has 0 N–H and O–H groups in total. The Morgan fingerprint density at radius 1 is 1.71 bits per heavy atom. The molecule has 0 aromatic rings. The number of carbonyl (C=O) groups excluding carboxylic acids is 1. The van der Waals surface area contributed by atoms with Crippen molar-refractivity contribution in [3.63, 3.8) is 0 Å². The van der Waals surface area contributed by atoms with Gasteiger partial charge in [-0.3, -0.25) is 0 Å². The minimum atomic E-state index is -0.0648. The Morgan fingerprint density at radius 2 is 1.86 bits per heavy atom. The predicted octanol–water partition coefficient (Wildman–Crippen LogP) is -0.137. The summed E-state index contributed by atoms with van der Waals surface area (Å²) in [4.78, 5) is 9.66. The van der Waals surface area contributed by atoms with Gasteiger partial charge in [-0.2, -0.15) is 0 Å². The first kappa shape index (κ1) is 15.7. The van der Waals surface area contributed by atoms with E-state index in [1.54, 1.807) is 0 Å². The normalized spacial score (nSPS) is 4.57. The van der Waals surface area contributed by atoms with E-state index in [0.29, 0.717) is 0 Å². The predicted molar refractivity (Wildman–Crippen MR) is 21.0 cm³/mol. The van der Waals surface area contributed by atoms with E-state index < -0.39 is 0 Å². The van der Waals surface area contributed by atoms with E-state index in [1.807, 2.05) is 16.3 Å². The summed E-state index contributed by atoms with van der Waals surface area (Å²) in [6.07, 6.45) is 1.24. The molecule has 0 heterocycles. The van der Waals surface area contributed by atoms with E-state index in [4.69, 9.17) is 0 Å². The molecule has 7 heavy (non-hydrogen) atoms. The van der Waals surface area contributed by atoms with Crippen molar-refractivity contribution in [2.45, 2.75) is 0 Å². The van der Waals surface area contributed by atoms with Gasteiger partial charge in [0.05, 0.1) is 0 Å². The second-order valence-electron chi connectivity index (χ2n) is 0.606. The Kier molecular flexibility index (Phi) is 22.9. The zero-order valence-electron chi connectivity index (χ0n) is 3.39. The van der Waals surface area contributed by atoms with Crippen LogP contribution in [-0.2, 0) is 43.7 Å². The summed E-state index contributed by atoms with van der Waals surface area (Å²) in [5.41, 5.74) is 0. The Morgan fingerprint density at radius 3 is 1.86 bits per heavy atom. The molecule has 0 bridgehead atoms. The maximum absolute atomic E-state index is 9.66. The Labute approximate surface area is 76.8 Å². The second-order valence-corrected chi connectivity index (χ2v) is 1.18. The summed E-state index contributed by atoms with van der Waals surface area (Å²) >= 11 is 1.98. The minimum Gasteiger partial charge on any atom is -0.319 e. The van der Waals surface area contributed by atoms with Crippen molar-refractivity contribution in [3.8, 4) is 0 Å². The van der Waals surface area contributed by atoms with Crippen LogP contribution in [0, 0.1) is 0 Å². The molecule has 0 saturated carbocycles. The smallest absolute Gasteiger partial charge is 0.249 e. The summed E-state index contributed by atoms with van der Waals surface area (Å²) in [6.45, 7) is 3.19. The van der Waals surface area contributed by atoms with Crippen LogP contribution in [-0.4, -0.2) is 20.9 Å². The van der Waals surface area contributed by atoms with Gasteiger partial charge in [0.15, 0.2) is 0 Å².